The minimum atomic E-state index is 0.244. The smallest absolute Gasteiger partial charge is 0.163 e. The molecule has 0 bridgehead atoms. The molecular formula is C18H19N5S. The van der Waals surface area contributed by atoms with Crippen LogP contribution in [-0.4, -0.2) is 27.0 Å². The van der Waals surface area contributed by atoms with Crippen LogP contribution in [0.3, 0.4) is 0 Å². The summed E-state index contributed by atoms with van der Waals surface area (Å²) >= 11 is 1.83. The molecule has 3 aromatic rings. The van der Waals surface area contributed by atoms with Crippen molar-refractivity contribution in [2.24, 2.45) is 5.73 Å². The molecule has 0 aliphatic heterocycles. The van der Waals surface area contributed by atoms with Gasteiger partial charge >= 0.3 is 0 Å². The Morgan fingerprint density at radius 1 is 1.12 bits per heavy atom. The fourth-order valence-electron chi connectivity index (χ4n) is 3.45. The first-order chi connectivity index (χ1) is 11.8. The molecule has 122 valence electrons. The third kappa shape index (κ3) is 2.37. The fraction of sp³-hybridized carbons (Fsp3) is 0.389. The normalized spacial score (nSPS) is 22.4. The third-order valence-electron chi connectivity index (χ3n) is 4.92. The maximum atomic E-state index is 6.01. The topological polar surface area (TPSA) is 76.7 Å². The molecule has 0 aromatic carbocycles. The molecule has 24 heavy (non-hydrogen) atoms. The Morgan fingerprint density at radius 2 is 1.92 bits per heavy atom. The standard InChI is InChI=1S/C18H19N5S/c19-12-9-13(12)21-17-15-11-3-1-2-4-14(11)24-18(15)23-16(22-17)10-5-7-20-8-6-10/h5-8,12-13H,1-4,9,19H2,(H,21,22,23)/t12-,13-/m0/s1. The van der Waals surface area contributed by atoms with Gasteiger partial charge in [0, 0.05) is 34.9 Å². The van der Waals surface area contributed by atoms with Crippen molar-refractivity contribution in [2.75, 3.05) is 5.32 Å². The SMILES string of the molecule is N[C@H]1C[C@@H]1Nc1nc(-c2ccncc2)nc2sc3c(c12)CCCC3. The molecule has 0 unspecified atom stereocenters. The fourth-order valence-corrected chi connectivity index (χ4v) is 4.71. The molecule has 3 aromatic heterocycles. The zero-order chi connectivity index (χ0) is 16.1. The summed E-state index contributed by atoms with van der Waals surface area (Å²) in [6.45, 7) is 0. The number of pyridine rings is 1. The predicted octanol–water partition coefficient (Wildman–Crippen LogP) is 3.14. The minimum Gasteiger partial charge on any atom is -0.365 e. The molecule has 0 radical (unpaired) electrons. The average Bonchev–Trinajstić information content (AvgIpc) is 3.17. The van der Waals surface area contributed by atoms with E-state index in [0.29, 0.717) is 6.04 Å². The van der Waals surface area contributed by atoms with Crippen molar-refractivity contribution in [1.29, 1.82) is 0 Å². The van der Waals surface area contributed by atoms with Crippen LogP contribution in [0.5, 0.6) is 0 Å². The number of anilines is 1. The van der Waals surface area contributed by atoms with E-state index >= 15 is 0 Å². The molecule has 5 nitrogen and oxygen atoms in total. The molecule has 2 aliphatic rings. The van der Waals surface area contributed by atoms with Crippen molar-refractivity contribution in [3.8, 4) is 11.4 Å². The summed E-state index contributed by atoms with van der Waals surface area (Å²) in [5.41, 5.74) is 8.47. The van der Waals surface area contributed by atoms with Gasteiger partial charge in [-0.1, -0.05) is 0 Å². The molecule has 2 atom stereocenters. The number of aryl methyl sites for hydroxylation is 2. The summed E-state index contributed by atoms with van der Waals surface area (Å²) in [5.74, 6) is 1.73. The van der Waals surface area contributed by atoms with E-state index in [1.807, 2.05) is 23.5 Å². The lowest BCUT2D eigenvalue weighted by atomic mass is 9.97. The zero-order valence-corrected chi connectivity index (χ0v) is 14.1. The van der Waals surface area contributed by atoms with E-state index < -0.39 is 0 Å². The monoisotopic (exact) mass is 337 g/mol. The summed E-state index contributed by atoms with van der Waals surface area (Å²) in [4.78, 5) is 16.4. The highest BCUT2D eigenvalue weighted by atomic mass is 32.1. The van der Waals surface area contributed by atoms with Crippen LogP contribution in [0.1, 0.15) is 29.7 Å². The van der Waals surface area contributed by atoms with Gasteiger partial charge in [0.1, 0.15) is 10.6 Å². The van der Waals surface area contributed by atoms with Crippen LogP contribution >= 0.6 is 11.3 Å². The average molecular weight is 337 g/mol. The number of hydrogen-bond acceptors (Lipinski definition) is 6. The highest BCUT2D eigenvalue weighted by molar-refractivity contribution is 7.19. The highest BCUT2D eigenvalue weighted by Crippen LogP contribution is 2.40. The van der Waals surface area contributed by atoms with Gasteiger partial charge in [-0.2, -0.15) is 0 Å². The Labute approximate surface area is 144 Å². The van der Waals surface area contributed by atoms with Gasteiger partial charge in [-0.05, 0) is 49.8 Å². The van der Waals surface area contributed by atoms with E-state index in [9.17, 15) is 0 Å². The molecular weight excluding hydrogens is 318 g/mol. The number of rotatable bonds is 3. The van der Waals surface area contributed by atoms with Gasteiger partial charge in [-0.3, -0.25) is 4.98 Å². The lowest BCUT2D eigenvalue weighted by Gasteiger charge is -2.13. The number of fused-ring (bicyclic) bond motifs is 3. The Bertz CT molecular complexity index is 905. The van der Waals surface area contributed by atoms with E-state index in [-0.39, 0.29) is 6.04 Å². The molecule has 6 heteroatoms. The number of nitrogens with two attached hydrogens (primary N) is 1. The molecule has 3 N–H and O–H groups in total. The van der Waals surface area contributed by atoms with Gasteiger partial charge in [0.25, 0.3) is 0 Å². The molecule has 0 amide bonds. The van der Waals surface area contributed by atoms with Gasteiger partial charge < -0.3 is 11.1 Å². The van der Waals surface area contributed by atoms with Gasteiger partial charge in [0.2, 0.25) is 0 Å². The van der Waals surface area contributed by atoms with Crippen molar-refractivity contribution < 1.29 is 0 Å². The van der Waals surface area contributed by atoms with Crippen molar-refractivity contribution in [2.45, 2.75) is 44.2 Å². The van der Waals surface area contributed by atoms with Gasteiger partial charge in [0.15, 0.2) is 5.82 Å². The first-order valence-corrected chi connectivity index (χ1v) is 9.36. The minimum absolute atomic E-state index is 0.244. The van der Waals surface area contributed by atoms with Crippen molar-refractivity contribution in [3.63, 3.8) is 0 Å². The van der Waals surface area contributed by atoms with Gasteiger partial charge in [-0.15, -0.1) is 11.3 Å². The summed E-state index contributed by atoms with van der Waals surface area (Å²) in [5, 5.41) is 4.80. The molecule has 1 fully saturated rings. The Kier molecular flexibility index (Phi) is 3.28. The quantitative estimate of drug-likeness (QED) is 0.768. The first kappa shape index (κ1) is 14.3. The molecule has 0 saturated heterocycles. The second-order valence-electron chi connectivity index (χ2n) is 6.67. The highest BCUT2D eigenvalue weighted by Gasteiger charge is 2.34. The summed E-state index contributed by atoms with van der Waals surface area (Å²) in [6, 6.07) is 4.50. The lowest BCUT2D eigenvalue weighted by Crippen LogP contribution is -2.15. The Balaban J connectivity index is 1.70. The van der Waals surface area contributed by atoms with Crippen LogP contribution in [-0.2, 0) is 12.8 Å². The van der Waals surface area contributed by atoms with E-state index in [2.05, 4.69) is 10.3 Å². The number of hydrogen-bond donors (Lipinski definition) is 2. The summed E-state index contributed by atoms with van der Waals surface area (Å²) in [7, 11) is 0. The van der Waals surface area contributed by atoms with E-state index in [4.69, 9.17) is 15.7 Å². The number of nitrogens with zero attached hydrogens (tertiary/aromatic N) is 3. The van der Waals surface area contributed by atoms with Crippen LogP contribution in [0.25, 0.3) is 21.6 Å². The van der Waals surface area contributed by atoms with Crippen LogP contribution < -0.4 is 11.1 Å². The maximum Gasteiger partial charge on any atom is 0.163 e. The maximum absolute atomic E-state index is 6.01. The number of nitrogens with one attached hydrogen (secondary N) is 1. The van der Waals surface area contributed by atoms with Crippen LogP contribution in [0.2, 0.25) is 0 Å². The molecule has 2 aliphatic carbocycles. The van der Waals surface area contributed by atoms with Crippen molar-refractivity contribution in [3.05, 3.63) is 35.0 Å². The van der Waals surface area contributed by atoms with E-state index in [1.165, 1.54) is 35.1 Å². The zero-order valence-electron chi connectivity index (χ0n) is 13.3. The predicted molar refractivity (Wildman–Crippen MR) is 97.3 cm³/mol. The largest absolute Gasteiger partial charge is 0.365 e. The van der Waals surface area contributed by atoms with Crippen LogP contribution in [0, 0.1) is 0 Å². The second-order valence-corrected chi connectivity index (χ2v) is 7.76. The van der Waals surface area contributed by atoms with Crippen molar-refractivity contribution >= 4 is 27.4 Å². The van der Waals surface area contributed by atoms with Gasteiger partial charge in [-0.25, -0.2) is 9.97 Å². The van der Waals surface area contributed by atoms with E-state index in [1.54, 1.807) is 12.4 Å². The van der Waals surface area contributed by atoms with Crippen LogP contribution in [0.15, 0.2) is 24.5 Å². The van der Waals surface area contributed by atoms with Crippen LogP contribution in [0.4, 0.5) is 5.82 Å². The third-order valence-corrected chi connectivity index (χ3v) is 6.10. The summed E-state index contributed by atoms with van der Waals surface area (Å²) < 4.78 is 0. The lowest BCUT2D eigenvalue weighted by molar-refractivity contribution is 0.700. The van der Waals surface area contributed by atoms with E-state index in [0.717, 1.165) is 34.9 Å². The second kappa shape index (κ2) is 5.50. The van der Waals surface area contributed by atoms with Crippen molar-refractivity contribution in [1.82, 2.24) is 15.0 Å². The molecule has 5 rings (SSSR count). The Morgan fingerprint density at radius 3 is 2.71 bits per heavy atom. The first-order valence-electron chi connectivity index (χ1n) is 8.54. The number of aromatic nitrogens is 3. The van der Waals surface area contributed by atoms with Gasteiger partial charge in [0.05, 0.1) is 5.39 Å². The molecule has 3 heterocycles. The molecule has 0 spiro atoms. The summed E-state index contributed by atoms with van der Waals surface area (Å²) in [6.07, 6.45) is 9.43. The molecule has 1 saturated carbocycles. The Hall–Kier alpha value is -2.05. The number of thiophene rings is 1.